The van der Waals surface area contributed by atoms with Crippen molar-refractivity contribution >= 4 is 29.9 Å². The molecular formula is C26H33IN6O. The Morgan fingerprint density at radius 1 is 1.12 bits per heavy atom. The molecule has 0 saturated heterocycles. The number of rotatable bonds is 6. The van der Waals surface area contributed by atoms with Gasteiger partial charge >= 0.3 is 0 Å². The van der Waals surface area contributed by atoms with Gasteiger partial charge in [0.1, 0.15) is 18.1 Å². The fourth-order valence-electron chi connectivity index (χ4n) is 4.76. The highest BCUT2D eigenvalue weighted by Gasteiger charge is 2.38. The monoisotopic (exact) mass is 572 g/mol. The quantitative estimate of drug-likeness (QED) is 0.260. The maximum absolute atomic E-state index is 5.86. The third-order valence-corrected chi connectivity index (χ3v) is 7.12. The van der Waals surface area contributed by atoms with Crippen LogP contribution in [0.2, 0.25) is 0 Å². The zero-order valence-electron chi connectivity index (χ0n) is 19.8. The molecule has 1 aliphatic carbocycles. The summed E-state index contributed by atoms with van der Waals surface area (Å²) >= 11 is 0. The zero-order chi connectivity index (χ0) is 22.7. The summed E-state index contributed by atoms with van der Waals surface area (Å²) in [4.78, 5) is 4.92. The minimum absolute atomic E-state index is 0. The van der Waals surface area contributed by atoms with Gasteiger partial charge in [0.15, 0.2) is 11.8 Å². The van der Waals surface area contributed by atoms with Gasteiger partial charge in [0.2, 0.25) is 0 Å². The van der Waals surface area contributed by atoms with Crippen molar-refractivity contribution in [1.82, 2.24) is 25.4 Å². The number of aryl methyl sites for hydroxylation is 1. The van der Waals surface area contributed by atoms with Crippen molar-refractivity contribution in [1.29, 1.82) is 0 Å². The lowest BCUT2D eigenvalue weighted by atomic mass is 9.64. The Balaban J connectivity index is 0.00000274. The molecule has 2 aromatic carbocycles. The molecule has 1 unspecified atom stereocenters. The van der Waals surface area contributed by atoms with Crippen LogP contribution in [0.1, 0.15) is 54.5 Å². The van der Waals surface area contributed by atoms with Crippen LogP contribution in [0, 0.1) is 6.92 Å². The average molecular weight is 572 g/mol. The molecule has 180 valence electrons. The van der Waals surface area contributed by atoms with E-state index in [1.807, 2.05) is 30.7 Å². The normalized spacial score (nSPS) is 18.6. The number of guanidine groups is 1. The molecule has 0 spiro atoms. The van der Waals surface area contributed by atoms with Gasteiger partial charge in [-0.15, -0.1) is 34.2 Å². The molecule has 8 heteroatoms. The number of hydrogen-bond donors (Lipinski definition) is 2. The van der Waals surface area contributed by atoms with Crippen molar-refractivity contribution in [3.05, 3.63) is 77.4 Å². The van der Waals surface area contributed by atoms with E-state index in [2.05, 4.69) is 63.3 Å². The minimum atomic E-state index is 0. The molecule has 2 heterocycles. The highest BCUT2D eigenvalue weighted by molar-refractivity contribution is 14.0. The fourth-order valence-corrected chi connectivity index (χ4v) is 4.76. The van der Waals surface area contributed by atoms with E-state index in [9.17, 15) is 0 Å². The molecule has 0 bridgehead atoms. The molecule has 1 atom stereocenters. The molecule has 34 heavy (non-hydrogen) atoms. The molecule has 1 saturated carbocycles. The van der Waals surface area contributed by atoms with E-state index in [4.69, 9.17) is 9.73 Å². The zero-order valence-corrected chi connectivity index (χ0v) is 22.2. The molecule has 5 rings (SSSR count). The van der Waals surface area contributed by atoms with Gasteiger partial charge in [-0.25, -0.2) is 4.99 Å². The first-order valence-electron chi connectivity index (χ1n) is 11.8. The number of nitrogens with zero attached hydrogens (tertiary/aromatic N) is 4. The van der Waals surface area contributed by atoms with Gasteiger partial charge in [-0.1, -0.05) is 55.0 Å². The Bertz CT molecular complexity index is 1130. The number of nitrogens with one attached hydrogen (secondary N) is 2. The second-order valence-electron chi connectivity index (χ2n) is 9.11. The van der Waals surface area contributed by atoms with Crippen LogP contribution in [-0.4, -0.2) is 33.9 Å². The van der Waals surface area contributed by atoms with Gasteiger partial charge in [0, 0.05) is 31.0 Å². The smallest absolute Gasteiger partial charge is 0.192 e. The predicted molar refractivity (Wildman–Crippen MR) is 145 cm³/mol. The average Bonchev–Trinajstić information content (AvgIpc) is 3.15. The van der Waals surface area contributed by atoms with E-state index in [0.29, 0.717) is 13.2 Å². The van der Waals surface area contributed by atoms with E-state index in [0.717, 1.165) is 36.3 Å². The van der Waals surface area contributed by atoms with Gasteiger partial charge in [0.05, 0.1) is 12.6 Å². The number of ether oxygens (including phenoxy) is 1. The van der Waals surface area contributed by atoms with Crippen LogP contribution in [0.4, 0.5) is 0 Å². The second kappa shape index (κ2) is 10.8. The number of aromatic nitrogens is 3. The maximum Gasteiger partial charge on any atom is 0.192 e. The lowest BCUT2D eigenvalue weighted by Gasteiger charge is -2.43. The molecule has 1 aliphatic heterocycles. The lowest BCUT2D eigenvalue weighted by molar-refractivity contribution is 0.241. The van der Waals surface area contributed by atoms with Gasteiger partial charge in [-0.2, -0.15) is 0 Å². The number of aliphatic imine (C=N–C) groups is 1. The van der Waals surface area contributed by atoms with Gasteiger partial charge in [0.25, 0.3) is 0 Å². The van der Waals surface area contributed by atoms with E-state index in [1.165, 1.54) is 30.4 Å². The summed E-state index contributed by atoms with van der Waals surface area (Å²) in [6.07, 6.45) is 4.55. The van der Waals surface area contributed by atoms with Gasteiger partial charge in [-0.05, 0) is 31.4 Å². The number of benzene rings is 2. The third kappa shape index (κ3) is 5.06. The minimum Gasteiger partial charge on any atom is -0.493 e. The first-order chi connectivity index (χ1) is 16.1. The van der Waals surface area contributed by atoms with Crippen LogP contribution in [-0.2, 0) is 19.0 Å². The number of para-hydroxylation sites is 1. The molecule has 1 fully saturated rings. The molecule has 0 radical (unpaired) electrons. The predicted octanol–water partition coefficient (Wildman–Crippen LogP) is 4.42. The van der Waals surface area contributed by atoms with E-state index >= 15 is 0 Å². The Kier molecular flexibility index (Phi) is 7.75. The second-order valence-corrected chi connectivity index (χ2v) is 9.11. The SMILES string of the molecule is Cc1nnc(CN=C(NCC2(c3ccccc3)CCC2)NC2CCOc3ccccc32)n1C.I. The van der Waals surface area contributed by atoms with Gasteiger partial charge < -0.3 is 19.9 Å². The summed E-state index contributed by atoms with van der Waals surface area (Å²) in [6.45, 7) is 3.97. The third-order valence-electron chi connectivity index (χ3n) is 7.12. The topological polar surface area (TPSA) is 76.4 Å². The highest BCUT2D eigenvalue weighted by atomic mass is 127. The molecule has 1 aromatic heterocycles. The maximum atomic E-state index is 5.86. The van der Waals surface area contributed by atoms with E-state index < -0.39 is 0 Å². The summed E-state index contributed by atoms with van der Waals surface area (Å²) in [5.41, 5.74) is 2.75. The van der Waals surface area contributed by atoms with Crippen LogP contribution in [0.5, 0.6) is 5.75 Å². The van der Waals surface area contributed by atoms with E-state index in [1.54, 1.807) is 0 Å². The van der Waals surface area contributed by atoms with Gasteiger partial charge in [-0.3, -0.25) is 0 Å². The number of hydrogen-bond acceptors (Lipinski definition) is 4. The first-order valence-corrected chi connectivity index (χ1v) is 11.8. The van der Waals surface area contributed by atoms with Crippen molar-refractivity contribution in [2.24, 2.45) is 12.0 Å². The summed E-state index contributed by atoms with van der Waals surface area (Å²) in [5, 5.41) is 15.8. The lowest BCUT2D eigenvalue weighted by Crippen LogP contribution is -2.49. The van der Waals surface area contributed by atoms with Crippen LogP contribution in [0.15, 0.2) is 59.6 Å². The van der Waals surface area contributed by atoms with Crippen LogP contribution in [0.25, 0.3) is 0 Å². The fraction of sp³-hybridized carbons (Fsp3) is 0.423. The van der Waals surface area contributed by atoms with Crippen LogP contribution < -0.4 is 15.4 Å². The highest BCUT2D eigenvalue weighted by Crippen LogP contribution is 2.43. The van der Waals surface area contributed by atoms with Crippen LogP contribution in [0.3, 0.4) is 0 Å². The molecule has 2 aliphatic rings. The molecular weight excluding hydrogens is 539 g/mol. The molecule has 7 nitrogen and oxygen atoms in total. The van der Waals surface area contributed by atoms with Crippen molar-refractivity contribution < 1.29 is 4.74 Å². The summed E-state index contributed by atoms with van der Waals surface area (Å²) in [6, 6.07) is 19.3. The van der Waals surface area contributed by atoms with Crippen molar-refractivity contribution in [2.75, 3.05) is 13.2 Å². The summed E-state index contributed by atoms with van der Waals surface area (Å²) in [7, 11) is 1.98. The van der Waals surface area contributed by atoms with Crippen molar-refractivity contribution in [3.63, 3.8) is 0 Å². The van der Waals surface area contributed by atoms with Crippen molar-refractivity contribution in [2.45, 2.75) is 50.6 Å². The summed E-state index contributed by atoms with van der Waals surface area (Å²) in [5.74, 6) is 3.49. The molecule has 3 aromatic rings. The molecule has 2 N–H and O–H groups in total. The Hall–Kier alpha value is -2.62. The summed E-state index contributed by atoms with van der Waals surface area (Å²) < 4.78 is 7.85. The Labute approximate surface area is 218 Å². The number of fused-ring (bicyclic) bond motifs is 1. The van der Waals surface area contributed by atoms with Crippen LogP contribution >= 0.6 is 24.0 Å². The molecule has 0 amide bonds. The Morgan fingerprint density at radius 2 is 1.88 bits per heavy atom. The largest absolute Gasteiger partial charge is 0.493 e. The number of halogens is 1. The van der Waals surface area contributed by atoms with E-state index in [-0.39, 0.29) is 35.4 Å². The Morgan fingerprint density at radius 3 is 2.59 bits per heavy atom. The van der Waals surface area contributed by atoms with Crippen molar-refractivity contribution in [3.8, 4) is 5.75 Å². The first kappa shape index (κ1) is 24.5. The standard InChI is InChI=1S/C26H32N6O.HI/c1-19-30-31-24(32(19)2)17-27-25(29-22-13-16-33-23-12-7-6-11-21(22)23)28-18-26(14-8-15-26)20-9-4-3-5-10-20;/h3-7,9-12,22H,8,13-18H2,1-2H3,(H2,27,28,29);1H.